The Morgan fingerprint density at radius 3 is 2.52 bits per heavy atom. The van der Waals surface area contributed by atoms with E-state index >= 15 is 0 Å². The minimum Gasteiger partial charge on any atom is -0.348 e. The predicted octanol–water partition coefficient (Wildman–Crippen LogP) is 4.41. The smallest absolute Gasteiger partial charge is 0.230 e. The molecule has 1 aliphatic rings. The van der Waals surface area contributed by atoms with Crippen LogP contribution in [-0.2, 0) is 11.2 Å². The number of hydrogen-bond donors (Lipinski definition) is 1. The molecule has 0 spiro atoms. The average molecular weight is 378 g/mol. The Morgan fingerprint density at radius 2 is 1.81 bits per heavy atom. The van der Waals surface area contributed by atoms with E-state index in [1.165, 1.54) is 30.2 Å². The average Bonchev–Trinajstić information content (AvgIpc) is 3.45. The van der Waals surface area contributed by atoms with Crippen molar-refractivity contribution in [2.24, 2.45) is 0 Å². The molecule has 0 aliphatic heterocycles. The Labute approximate surface area is 164 Å². The maximum absolute atomic E-state index is 12.6. The lowest BCUT2D eigenvalue weighted by Crippen LogP contribution is -2.31. The van der Waals surface area contributed by atoms with Crippen LogP contribution < -0.4 is 5.32 Å². The van der Waals surface area contributed by atoms with Gasteiger partial charge in [0.15, 0.2) is 5.16 Å². The summed E-state index contributed by atoms with van der Waals surface area (Å²) in [5.74, 6) is 0.414. The number of amides is 1. The third kappa shape index (κ3) is 4.80. The molecule has 1 saturated carbocycles. The molecule has 138 valence electrons. The Balaban J connectivity index is 1.41. The molecule has 0 saturated heterocycles. The summed E-state index contributed by atoms with van der Waals surface area (Å²) in [5, 5.41) is 4.15. The quantitative estimate of drug-likeness (QED) is 0.592. The molecule has 5 heteroatoms. The second-order valence-corrected chi connectivity index (χ2v) is 7.80. The Kier molecular flexibility index (Phi) is 5.58. The molecule has 4 rings (SSSR count). The molecule has 1 fully saturated rings. The van der Waals surface area contributed by atoms with Crippen LogP contribution in [0.5, 0.6) is 0 Å². The monoisotopic (exact) mass is 377 g/mol. The highest BCUT2D eigenvalue weighted by molar-refractivity contribution is 7.99. The summed E-state index contributed by atoms with van der Waals surface area (Å²) >= 11 is 1.51. The van der Waals surface area contributed by atoms with E-state index in [1.807, 2.05) is 48.8 Å². The van der Waals surface area contributed by atoms with E-state index in [4.69, 9.17) is 0 Å². The van der Waals surface area contributed by atoms with Crippen LogP contribution >= 0.6 is 11.8 Å². The maximum Gasteiger partial charge on any atom is 0.230 e. The van der Waals surface area contributed by atoms with Gasteiger partial charge in [0.25, 0.3) is 0 Å². The van der Waals surface area contributed by atoms with Gasteiger partial charge in [-0.3, -0.25) is 4.79 Å². The molecule has 0 radical (unpaired) electrons. The van der Waals surface area contributed by atoms with Crippen molar-refractivity contribution in [3.05, 3.63) is 84.2 Å². The molecular weight excluding hydrogens is 354 g/mol. The molecule has 1 N–H and O–H groups in total. The fourth-order valence-corrected chi connectivity index (χ4v) is 4.03. The second-order valence-electron chi connectivity index (χ2n) is 6.86. The maximum atomic E-state index is 12.6. The van der Waals surface area contributed by atoms with Crippen molar-refractivity contribution in [1.29, 1.82) is 0 Å². The van der Waals surface area contributed by atoms with E-state index in [0.29, 0.717) is 11.8 Å². The number of nitrogens with zero attached hydrogens (tertiary/aromatic N) is 2. The third-order valence-electron chi connectivity index (χ3n) is 4.73. The third-order valence-corrected chi connectivity index (χ3v) is 5.71. The molecule has 4 nitrogen and oxygen atoms in total. The van der Waals surface area contributed by atoms with Gasteiger partial charge in [0, 0.05) is 18.4 Å². The van der Waals surface area contributed by atoms with E-state index < -0.39 is 0 Å². The van der Waals surface area contributed by atoms with Gasteiger partial charge in [0.1, 0.15) is 0 Å². The Morgan fingerprint density at radius 1 is 1.11 bits per heavy atom. The van der Waals surface area contributed by atoms with Crippen molar-refractivity contribution in [2.75, 3.05) is 5.75 Å². The van der Waals surface area contributed by atoms with Crippen LogP contribution in [0.15, 0.2) is 78.2 Å². The van der Waals surface area contributed by atoms with Gasteiger partial charge in [-0.05, 0) is 30.4 Å². The Bertz CT molecular complexity index is 875. The van der Waals surface area contributed by atoms with Crippen LogP contribution in [-0.4, -0.2) is 21.2 Å². The lowest BCUT2D eigenvalue weighted by atomic mass is 9.99. The zero-order valence-electron chi connectivity index (χ0n) is 15.1. The van der Waals surface area contributed by atoms with Gasteiger partial charge in [-0.2, -0.15) is 0 Å². The molecule has 1 atom stereocenters. The number of aromatic nitrogens is 2. The fraction of sp³-hybridized carbons (Fsp3) is 0.273. The standard InChI is InChI=1S/C22H23N3OS/c26-21(16-27-22-23-13-14-25(22)19-11-12-19)24-20(18-9-5-2-6-10-18)15-17-7-3-1-4-8-17/h1-10,13-14,19-20H,11-12,15-16H2,(H,24,26). The molecule has 1 heterocycles. The first-order valence-corrected chi connectivity index (χ1v) is 10.3. The van der Waals surface area contributed by atoms with Crippen molar-refractivity contribution < 1.29 is 4.79 Å². The first-order valence-electron chi connectivity index (χ1n) is 9.33. The van der Waals surface area contributed by atoms with Crippen LogP contribution in [0.1, 0.15) is 36.1 Å². The van der Waals surface area contributed by atoms with E-state index in [1.54, 1.807) is 0 Å². The number of hydrogen-bond acceptors (Lipinski definition) is 3. The summed E-state index contributed by atoms with van der Waals surface area (Å²) in [6, 6.07) is 21.0. The fourth-order valence-electron chi connectivity index (χ4n) is 3.20. The largest absolute Gasteiger partial charge is 0.348 e. The van der Waals surface area contributed by atoms with Crippen molar-refractivity contribution in [3.63, 3.8) is 0 Å². The zero-order chi connectivity index (χ0) is 18.5. The highest BCUT2D eigenvalue weighted by atomic mass is 32.2. The number of nitrogens with one attached hydrogen (secondary N) is 1. The molecule has 1 unspecified atom stereocenters. The van der Waals surface area contributed by atoms with Crippen LogP contribution in [0.2, 0.25) is 0 Å². The highest BCUT2D eigenvalue weighted by Crippen LogP contribution is 2.37. The number of benzene rings is 2. The van der Waals surface area contributed by atoms with Crippen molar-refractivity contribution >= 4 is 17.7 Å². The number of rotatable bonds is 8. The molecule has 1 aliphatic carbocycles. The van der Waals surface area contributed by atoms with Crippen LogP contribution in [0, 0.1) is 0 Å². The highest BCUT2D eigenvalue weighted by Gasteiger charge is 2.26. The first kappa shape index (κ1) is 17.9. The van der Waals surface area contributed by atoms with E-state index in [0.717, 1.165) is 17.1 Å². The summed E-state index contributed by atoms with van der Waals surface area (Å²) in [6.45, 7) is 0. The Hall–Kier alpha value is -2.53. The van der Waals surface area contributed by atoms with Crippen LogP contribution in [0.4, 0.5) is 0 Å². The van der Waals surface area contributed by atoms with E-state index in [-0.39, 0.29) is 11.9 Å². The first-order chi connectivity index (χ1) is 13.3. The van der Waals surface area contributed by atoms with Crippen molar-refractivity contribution in [3.8, 4) is 0 Å². The van der Waals surface area contributed by atoms with Crippen molar-refractivity contribution in [1.82, 2.24) is 14.9 Å². The SMILES string of the molecule is O=C(CSc1nccn1C1CC1)NC(Cc1ccccc1)c1ccccc1. The van der Waals surface area contributed by atoms with Gasteiger partial charge in [0.2, 0.25) is 5.91 Å². The molecule has 27 heavy (non-hydrogen) atoms. The zero-order valence-corrected chi connectivity index (χ0v) is 15.9. The predicted molar refractivity (Wildman–Crippen MR) is 109 cm³/mol. The molecular formula is C22H23N3OS. The van der Waals surface area contributed by atoms with Gasteiger partial charge in [0.05, 0.1) is 11.8 Å². The van der Waals surface area contributed by atoms with Gasteiger partial charge in [-0.15, -0.1) is 0 Å². The van der Waals surface area contributed by atoms with Crippen LogP contribution in [0.25, 0.3) is 0 Å². The topological polar surface area (TPSA) is 46.9 Å². The molecule has 1 amide bonds. The number of carbonyl (C=O) groups excluding carboxylic acids is 1. The van der Waals surface area contributed by atoms with Gasteiger partial charge >= 0.3 is 0 Å². The molecule has 2 aromatic carbocycles. The van der Waals surface area contributed by atoms with E-state index in [9.17, 15) is 4.79 Å². The molecule has 0 bridgehead atoms. The minimum absolute atomic E-state index is 0.0372. The van der Waals surface area contributed by atoms with Gasteiger partial charge in [-0.25, -0.2) is 4.98 Å². The normalized spacial score (nSPS) is 14.7. The van der Waals surface area contributed by atoms with Gasteiger partial charge < -0.3 is 9.88 Å². The summed E-state index contributed by atoms with van der Waals surface area (Å²) < 4.78 is 2.19. The number of imidazole rings is 1. The van der Waals surface area contributed by atoms with Gasteiger partial charge in [-0.1, -0.05) is 72.4 Å². The number of thioether (sulfide) groups is 1. The summed E-state index contributed by atoms with van der Waals surface area (Å²) in [5.41, 5.74) is 2.34. The minimum atomic E-state index is -0.0372. The summed E-state index contributed by atoms with van der Waals surface area (Å²) in [6.07, 6.45) is 7.03. The lowest BCUT2D eigenvalue weighted by molar-refractivity contribution is -0.119. The summed E-state index contributed by atoms with van der Waals surface area (Å²) in [4.78, 5) is 17.0. The summed E-state index contributed by atoms with van der Waals surface area (Å²) in [7, 11) is 0. The molecule has 1 aromatic heterocycles. The molecule has 3 aromatic rings. The number of carbonyl (C=O) groups is 1. The lowest BCUT2D eigenvalue weighted by Gasteiger charge is -2.19. The van der Waals surface area contributed by atoms with E-state index in [2.05, 4.69) is 39.1 Å². The van der Waals surface area contributed by atoms with Crippen LogP contribution in [0.3, 0.4) is 0 Å². The second kappa shape index (κ2) is 8.44. The van der Waals surface area contributed by atoms with Crippen molar-refractivity contribution in [2.45, 2.75) is 36.5 Å².